The Morgan fingerprint density at radius 2 is 1.85 bits per heavy atom. The molecule has 1 atom stereocenters. The van der Waals surface area contributed by atoms with Gasteiger partial charge in [-0.05, 0) is 50.6 Å². The molecular formula is C20H21N3O4. The van der Waals surface area contributed by atoms with Gasteiger partial charge in [-0.25, -0.2) is 4.79 Å². The first-order valence-electron chi connectivity index (χ1n) is 8.73. The number of ether oxygens (including phenoxy) is 3. The lowest BCUT2D eigenvalue weighted by molar-refractivity contribution is 0.0337. The van der Waals surface area contributed by atoms with Crippen LogP contribution in [0, 0.1) is 13.8 Å². The molecular weight excluding hydrogens is 346 g/mol. The van der Waals surface area contributed by atoms with Gasteiger partial charge in [0.05, 0.1) is 6.20 Å². The summed E-state index contributed by atoms with van der Waals surface area (Å²) in [7, 11) is 1.81. The van der Waals surface area contributed by atoms with Crippen molar-refractivity contribution in [2.24, 2.45) is 7.05 Å². The highest BCUT2D eigenvalue weighted by atomic mass is 16.7. The van der Waals surface area contributed by atoms with Crippen LogP contribution in [0.15, 0.2) is 36.5 Å². The SMILES string of the molecule is Cc1ccc(C)n1-c1c(C(=O)OC(C)c2ccc3c(c2)OCO3)cnn1C. The molecule has 0 amide bonds. The maximum absolute atomic E-state index is 12.9. The number of carbonyl (C=O) groups excluding carboxylic acids is 1. The molecule has 7 nitrogen and oxygen atoms in total. The van der Waals surface area contributed by atoms with Gasteiger partial charge in [0.2, 0.25) is 6.79 Å². The third-order valence-electron chi connectivity index (χ3n) is 4.76. The molecule has 1 aliphatic heterocycles. The molecule has 1 aliphatic rings. The summed E-state index contributed by atoms with van der Waals surface area (Å²) < 4.78 is 20.1. The van der Waals surface area contributed by atoms with Gasteiger partial charge in [-0.2, -0.15) is 5.10 Å². The van der Waals surface area contributed by atoms with Crippen LogP contribution in [0.3, 0.4) is 0 Å². The van der Waals surface area contributed by atoms with Crippen molar-refractivity contribution < 1.29 is 19.0 Å². The van der Waals surface area contributed by atoms with Crippen LogP contribution < -0.4 is 9.47 Å². The number of aryl methyl sites for hydroxylation is 3. The van der Waals surface area contributed by atoms with Crippen LogP contribution in [-0.4, -0.2) is 27.1 Å². The lowest BCUT2D eigenvalue weighted by Crippen LogP contribution is -2.14. The van der Waals surface area contributed by atoms with Crippen LogP contribution in [-0.2, 0) is 11.8 Å². The molecule has 1 unspecified atom stereocenters. The summed E-state index contributed by atoms with van der Waals surface area (Å²) in [6.45, 7) is 6.02. The summed E-state index contributed by atoms with van der Waals surface area (Å²) in [6.07, 6.45) is 1.11. The number of hydrogen-bond donors (Lipinski definition) is 0. The minimum absolute atomic E-state index is 0.210. The van der Waals surface area contributed by atoms with Crippen molar-refractivity contribution >= 4 is 5.97 Å². The van der Waals surface area contributed by atoms with Gasteiger partial charge in [-0.1, -0.05) is 6.07 Å². The number of fused-ring (bicyclic) bond motifs is 1. The number of benzene rings is 1. The molecule has 0 aliphatic carbocycles. The van der Waals surface area contributed by atoms with Crippen LogP contribution in [0.4, 0.5) is 0 Å². The maximum atomic E-state index is 12.9. The Labute approximate surface area is 157 Å². The van der Waals surface area contributed by atoms with Gasteiger partial charge in [0.25, 0.3) is 0 Å². The van der Waals surface area contributed by atoms with Gasteiger partial charge >= 0.3 is 5.97 Å². The standard InChI is InChI=1S/C20H21N3O4/c1-12-5-6-13(2)23(12)19-16(10-21-22(19)4)20(24)27-14(3)15-7-8-17-18(9-15)26-11-25-17/h5-10,14H,11H2,1-4H3. The van der Waals surface area contributed by atoms with Crippen LogP contribution in [0.2, 0.25) is 0 Å². The molecule has 0 fully saturated rings. The van der Waals surface area contributed by atoms with E-state index in [-0.39, 0.29) is 6.79 Å². The Hall–Kier alpha value is -3.22. The smallest absolute Gasteiger partial charge is 0.344 e. The molecule has 3 aromatic rings. The summed E-state index contributed by atoms with van der Waals surface area (Å²) in [5.74, 6) is 1.63. The van der Waals surface area contributed by atoms with Gasteiger partial charge in [-0.15, -0.1) is 0 Å². The van der Waals surface area contributed by atoms with Crippen molar-refractivity contribution in [1.29, 1.82) is 0 Å². The molecule has 0 saturated carbocycles. The molecule has 7 heteroatoms. The number of nitrogens with zero attached hydrogens (tertiary/aromatic N) is 3. The van der Waals surface area contributed by atoms with E-state index in [1.165, 1.54) is 0 Å². The fraction of sp³-hybridized carbons (Fsp3) is 0.300. The Balaban J connectivity index is 1.61. The fourth-order valence-corrected chi connectivity index (χ4v) is 3.30. The first-order valence-corrected chi connectivity index (χ1v) is 8.73. The molecule has 27 heavy (non-hydrogen) atoms. The van der Waals surface area contributed by atoms with Crippen LogP contribution in [0.5, 0.6) is 11.5 Å². The number of aromatic nitrogens is 3. The lowest BCUT2D eigenvalue weighted by atomic mass is 10.1. The Morgan fingerprint density at radius 1 is 1.15 bits per heavy atom. The average molecular weight is 367 g/mol. The first-order chi connectivity index (χ1) is 13.0. The van der Waals surface area contributed by atoms with E-state index in [9.17, 15) is 4.79 Å². The highest BCUT2D eigenvalue weighted by Crippen LogP contribution is 2.35. The minimum Gasteiger partial charge on any atom is -0.454 e. The molecule has 3 heterocycles. The Kier molecular flexibility index (Phi) is 4.14. The third kappa shape index (κ3) is 2.95. The zero-order valence-corrected chi connectivity index (χ0v) is 15.7. The third-order valence-corrected chi connectivity index (χ3v) is 4.76. The van der Waals surface area contributed by atoms with Crippen molar-refractivity contribution in [3.63, 3.8) is 0 Å². The molecule has 0 bridgehead atoms. The van der Waals surface area contributed by atoms with Gasteiger partial charge < -0.3 is 18.8 Å². The van der Waals surface area contributed by atoms with E-state index >= 15 is 0 Å². The second-order valence-electron chi connectivity index (χ2n) is 6.62. The molecule has 0 saturated heterocycles. The number of hydrogen-bond acceptors (Lipinski definition) is 5. The number of carbonyl (C=O) groups is 1. The maximum Gasteiger partial charge on any atom is 0.344 e. The number of rotatable bonds is 4. The lowest BCUT2D eigenvalue weighted by Gasteiger charge is -2.16. The monoisotopic (exact) mass is 367 g/mol. The Morgan fingerprint density at radius 3 is 2.59 bits per heavy atom. The summed E-state index contributed by atoms with van der Waals surface area (Å²) in [5, 5.41) is 4.26. The molecule has 0 spiro atoms. The van der Waals surface area contributed by atoms with Crippen LogP contribution in [0.25, 0.3) is 5.82 Å². The average Bonchev–Trinajstić information content (AvgIpc) is 3.33. The van der Waals surface area contributed by atoms with E-state index in [4.69, 9.17) is 14.2 Å². The van der Waals surface area contributed by atoms with E-state index in [1.807, 2.05) is 62.7 Å². The van der Waals surface area contributed by atoms with Crippen LogP contribution >= 0.6 is 0 Å². The van der Waals surface area contributed by atoms with E-state index in [1.54, 1.807) is 10.9 Å². The molecule has 140 valence electrons. The predicted octanol–water partition coefficient (Wildman–Crippen LogP) is 3.47. The van der Waals surface area contributed by atoms with Gasteiger partial charge in [0.15, 0.2) is 11.5 Å². The number of esters is 1. The topological polar surface area (TPSA) is 67.5 Å². The molecule has 0 radical (unpaired) electrons. The fourth-order valence-electron chi connectivity index (χ4n) is 3.30. The Bertz CT molecular complexity index is 999. The van der Waals surface area contributed by atoms with E-state index in [2.05, 4.69) is 5.10 Å². The second kappa shape index (κ2) is 6.50. The quantitative estimate of drug-likeness (QED) is 0.661. The summed E-state index contributed by atoms with van der Waals surface area (Å²) in [4.78, 5) is 12.9. The van der Waals surface area contributed by atoms with Crippen molar-refractivity contribution in [2.75, 3.05) is 6.79 Å². The zero-order valence-electron chi connectivity index (χ0n) is 15.7. The van der Waals surface area contributed by atoms with Gasteiger partial charge in [-0.3, -0.25) is 4.68 Å². The summed E-state index contributed by atoms with van der Waals surface area (Å²) in [6, 6.07) is 9.55. The largest absolute Gasteiger partial charge is 0.454 e. The normalized spacial score (nSPS) is 13.6. The van der Waals surface area contributed by atoms with Gasteiger partial charge in [0, 0.05) is 18.4 Å². The first kappa shape index (κ1) is 17.2. The molecule has 1 aromatic carbocycles. The van der Waals surface area contributed by atoms with Crippen molar-refractivity contribution in [3.8, 4) is 17.3 Å². The van der Waals surface area contributed by atoms with Crippen molar-refractivity contribution in [2.45, 2.75) is 26.9 Å². The predicted molar refractivity (Wildman–Crippen MR) is 98.4 cm³/mol. The van der Waals surface area contributed by atoms with E-state index < -0.39 is 12.1 Å². The minimum atomic E-state index is -0.438. The second-order valence-corrected chi connectivity index (χ2v) is 6.62. The highest BCUT2D eigenvalue weighted by molar-refractivity contribution is 5.93. The molecule has 0 N–H and O–H groups in total. The highest BCUT2D eigenvalue weighted by Gasteiger charge is 2.24. The van der Waals surface area contributed by atoms with Gasteiger partial charge in [0.1, 0.15) is 17.5 Å². The molecule has 4 rings (SSSR count). The van der Waals surface area contributed by atoms with E-state index in [0.29, 0.717) is 22.9 Å². The van der Waals surface area contributed by atoms with Crippen molar-refractivity contribution in [1.82, 2.24) is 14.3 Å². The molecule has 2 aromatic heterocycles. The zero-order chi connectivity index (χ0) is 19.1. The van der Waals surface area contributed by atoms with E-state index in [0.717, 1.165) is 17.0 Å². The summed E-state index contributed by atoms with van der Waals surface area (Å²) in [5.41, 5.74) is 3.31. The van der Waals surface area contributed by atoms with Crippen molar-refractivity contribution in [3.05, 3.63) is 59.0 Å². The summed E-state index contributed by atoms with van der Waals surface area (Å²) >= 11 is 0. The van der Waals surface area contributed by atoms with Crippen LogP contribution in [0.1, 0.15) is 40.3 Å².